The summed E-state index contributed by atoms with van der Waals surface area (Å²) in [6.45, 7) is 1.77. The van der Waals surface area contributed by atoms with E-state index in [1.807, 2.05) is 60.7 Å². The van der Waals surface area contributed by atoms with Gasteiger partial charge < -0.3 is 20.9 Å². The van der Waals surface area contributed by atoms with Gasteiger partial charge in [0.05, 0.1) is 12.1 Å². The van der Waals surface area contributed by atoms with Gasteiger partial charge in [0, 0.05) is 6.04 Å². The summed E-state index contributed by atoms with van der Waals surface area (Å²) in [6, 6.07) is 18.0. The SMILES string of the molecule is CN[C@@H](C)C(=O)NC1CCCC[C@H]2CC[C@@H](C(=O)NC(c3ccccc3)c3ccccc3)N2C1=O. The predicted molar refractivity (Wildman–Crippen MR) is 135 cm³/mol. The second kappa shape index (κ2) is 11.5. The summed E-state index contributed by atoms with van der Waals surface area (Å²) in [5.41, 5.74) is 1.98. The summed E-state index contributed by atoms with van der Waals surface area (Å²) in [7, 11) is 1.72. The van der Waals surface area contributed by atoms with Gasteiger partial charge in [0.25, 0.3) is 0 Å². The fourth-order valence-electron chi connectivity index (χ4n) is 5.24. The molecule has 2 aliphatic heterocycles. The van der Waals surface area contributed by atoms with Crippen molar-refractivity contribution in [3.63, 3.8) is 0 Å². The minimum absolute atomic E-state index is 0.0339. The summed E-state index contributed by atoms with van der Waals surface area (Å²) >= 11 is 0. The predicted octanol–water partition coefficient (Wildman–Crippen LogP) is 2.92. The monoisotopic (exact) mass is 476 g/mol. The van der Waals surface area contributed by atoms with Crippen molar-refractivity contribution in [2.45, 2.75) is 75.7 Å². The maximum Gasteiger partial charge on any atom is 0.246 e. The number of fused-ring (bicyclic) bond motifs is 1. The van der Waals surface area contributed by atoms with Crippen LogP contribution in [0.1, 0.15) is 62.6 Å². The zero-order valence-corrected chi connectivity index (χ0v) is 20.6. The first-order chi connectivity index (χ1) is 17.0. The van der Waals surface area contributed by atoms with Crippen LogP contribution in [0.5, 0.6) is 0 Å². The van der Waals surface area contributed by atoms with Gasteiger partial charge in [0.1, 0.15) is 12.1 Å². The number of nitrogens with one attached hydrogen (secondary N) is 3. The molecular formula is C28H36N4O3. The highest BCUT2D eigenvalue weighted by Gasteiger charge is 2.44. The molecule has 3 N–H and O–H groups in total. The van der Waals surface area contributed by atoms with Crippen molar-refractivity contribution in [2.75, 3.05) is 7.05 Å². The fraction of sp³-hybridized carbons (Fsp3) is 0.464. The summed E-state index contributed by atoms with van der Waals surface area (Å²) in [4.78, 5) is 41.7. The first-order valence-electron chi connectivity index (χ1n) is 12.7. The van der Waals surface area contributed by atoms with Gasteiger partial charge in [-0.25, -0.2) is 0 Å². The lowest BCUT2D eigenvalue weighted by Crippen LogP contribution is -2.58. The highest BCUT2D eigenvalue weighted by Crippen LogP contribution is 2.32. The maximum absolute atomic E-state index is 13.7. The van der Waals surface area contributed by atoms with Crippen molar-refractivity contribution in [3.05, 3.63) is 71.8 Å². The number of likely N-dealkylation sites (N-methyl/N-ethyl adjacent to an activating group) is 1. The van der Waals surface area contributed by atoms with Crippen molar-refractivity contribution in [3.8, 4) is 0 Å². The number of nitrogens with zero attached hydrogens (tertiary/aromatic N) is 1. The number of hydrogen-bond acceptors (Lipinski definition) is 4. The third-order valence-electron chi connectivity index (χ3n) is 7.33. The van der Waals surface area contributed by atoms with Crippen LogP contribution in [-0.2, 0) is 14.4 Å². The molecule has 2 heterocycles. The van der Waals surface area contributed by atoms with E-state index < -0.39 is 12.1 Å². The van der Waals surface area contributed by atoms with Gasteiger partial charge in [-0.1, -0.05) is 73.5 Å². The molecule has 7 heteroatoms. The molecule has 4 atom stereocenters. The number of amides is 3. The lowest BCUT2D eigenvalue weighted by atomic mass is 9.98. The molecule has 0 bridgehead atoms. The minimum atomic E-state index is -0.603. The highest BCUT2D eigenvalue weighted by molar-refractivity contribution is 5.94. The van der Waals surface area contributed by atoms with Gasteiger partial charge >= 0.3 is 0 Å². The highest BCUT2D eigenvalue weighted by atomic mass is 16.2. The lowest BCUT2D eigenvalue weighted by molar-refractivity contribution is -0.144. The molecule has 7 nitrogen and oxygen atoms in total. The number of carbonyl (C=O) groups excluding carboxylic acids is 3. The topological polar surface area (TPSA) is 90.5 Å². The van der Waals surface area contributed by atoms with E-state index in [0.717, 1.165) is 36.8 Å². The summed E-state index contributed by atoms with van der Waals surface area (Å²) in [6.07, 6.45) is 4.79. The summed E-state index contributed by atoms with van der Waals surface area (Å²) < 4.78 is 0. The molecule has 0 saturated carbocycles. The Bertz CT molecular complexity index is 974. The van der Waals surface area contributed by atoms with Crippen molar-refractivity contribution in [1.82, 2.24) is 20.9 Å². The zero-order valence-electron chi connectivity index (χ0n) is 20.6. The van der Waals surface area contributed by atoms with Crippen LogP contribution < -0.4 is 16.0 Å². The molecule has 2 fully saturated rings. The van der Waals surface area contributed by atoms with E-state index in [0.29, 0.717) is 12.8 Å². The van der Waals surface area contributed by atoms with E-state index in [1.54, 1.807) is 18.9 Å². The number of carbonyl (C=O) groups is 3. The third kappa shape index (κ3) is 5.73. The molecule has 0 aliphatic carbocycles. The van der Waals surface area contributed by atoms with Crippen molar-refractivity contribution in [1.29, 1.82) is 0 Å². The molecule has 2 aromatic rings. The van der Waals surface area contributed by atoms with Gasteiger partial charge in [0.2, 0.25) is 17.7 Å². The average Bonchev–Trinajstić information content (AvgIpc) is 3.31. The van der Waals surface area contributed by atoms with E-state index in [2.05, 4.69) is 16.0 Å². The molecule has 186 valence electrons. The van der Waals surface area contributed by atoms with Crippen LogP contribution in [0.4, 0.5) is 0 Å². The lowest BCUT2D eigenvalue weighted by Gasteiger charge is -2.36. The third-order valence-corrected chi connectivity index (χ3v) is 7.33. The smallest absolute Gasteiger partial charge is 0.246 e. The normalized spacial score (nSPS) is 23.2. The quantitative estimate of drug-likeness (QED) is 0.573. The Kier molecular flexibility index (Phi) is 8.18. The summed E-state index contributed by atoms with van der Waals surface area (Å²) in [5, 5.41) is 9.08. The Morgan fingerprint density at radius 3 is 2.09 bits per heavy atom. The Hall–Kier alpha value is -3.19. The molecule has 0 spiro atoms. The van der Waals surface area contributed by atoms with Crippen LogP contribution in [-0.4, -0.2) is 53.8 Å². The minimum Gasteiger partial charge on any atom is -0.343 e. The number of rotatable bonds is 7. The van der Waals surface area contributed by atoms with Crippen LogP contribution in [0.25, 0.3) is 0 Å². The molecule has 0 aromatic heterocycles. The van der Waals surface area contributed by atoms with E-state index in [9.17, 15) is 14.4 Å². The molecular weight excluding hydrogens is 440 g/mol. The Labute approximate surface area is 207 Å². The standard InChI is InChI=1S/C28H36N4O3/c1-19(29-2)26(33)30-23-16-10-9-15-22-17-18-24(32(22)28(23)35)27(34)31-25(20-11-5-3-6-12-20)21-13-7-4-8-14-21/h3-8,11-14,19,22-25,29H,9-10,15-18H2,1-2H3,(H,30,33)(H,31,34)/t19-,22-,23?,24-/m0/s1. The molecule has 35 heavy (non-hydrogen) atoms. The van der Waals surface area contributed by atoms with E-state index in [1.165, 1.54) is 0 Å². The molecule has 2 aliphatic rings. The Morgan fingerprint density at radius 2 is 1.49 bits per heavy atom. The van der Waals surface area contributed by atoms with Crippen molar-refractivity contribution < 1.29 is 14.4 Å². The molecule has 1 unspecified atom stereocenters. The Morgan fingerprint density at radius 1 is 0.886 bits per heavy atom. The van der Waals surface area contributed by atoms with Crippen LogP contribution >= 0.6 is 0 Å². The molecule has 2 saturated heterocycles. The van der Waals surface area contributed by atoms with Crippen LogP contribution in [0.3, 0.4) is 0 Å². The van der Waals surface area contributed by atoms with Crippen LogP contribution in [0.15, 0.2) is 60.7 Å². The van der Waals surface area contributed by atoms with Crippen LogP contribution in [0.2, 0.25) is 0 Å². The van der Waals surface area contributed by atoms with E-state index in [-0.39, 0.29) is 35.8 Å². The molecule has 3 amide bonds. The average molecular weight is 477 g/mol. The number of benzene rings is 2. The van der Waals surface area contributed by atoms with E-state index >= 15 is 0 Å². The first kappa shape index (κ1) is 24.9. The molecule has 2 aromatic carbocycles. The van der Waals surface area contributed by atoms with Crippen LogP contribution in [0, 0.1) is 0 Å². The van der Waals surface area contributed by atoms with E-state index in [4.69, 9.17) is 0 Å². The van der Waals surface area contributed by atoms with Gasteiger partial charge in [0.15, 0.2) is 0 Å². The van der Waals surface area contributed by atoms with Gasteiger partial charge in [-0.3, -0.25) is 14.4 Å². The van der Waals surface area contributed by atoms with Crippen molar-refractivity contribution in [2.24, 2.45) is 0 Å². The van der Waals surface area contributed by atoms with Gasteiger partial charge in [-0.15, -0.1) is 0 Å². The first-order valence-corrected chi connectivity index (χ1v) is 12.7. The zero-order chi connectivity index (χ0) is 24.8. The van der Waals surface area contributed by atoms with Gasteiger partial charge in [-0.2, -0.15) is 0 Å². The maximum atomic E-state index is 13.7. The molecule has 0 radical (unpaired) electrons. The van der Waals surface area contributed by atoms with Crippen molar-refractivity contribution >= 4 is 17.7 Å². The Balaban J connectivity index is 1.55. The second-order valence-corrected chi connectivity index (χ2v) is 9.61. The fourth-order valence-corrected chi connectivity index (χ4v) is 5.24. The largest absolute Gasteiger partial charge is 0.343 e. The molecule has 4 rings (SSSR count). The number of hydrogen-bond donors (Lipinski definition) is 3. The summed E-state index contributed by atoms with van der Waals surface area (Å²) in [5.74, 6) is -0.482. The van der Waals surface area contributed by atoms with Gasteiger partial charge in [-0.05, 0) is 50.8 Å². The second-order valence-electron chi connectivity index (χ2n) is 9.61.